The van der Waals surface area contributed by atoms with Gasteiger partial charge in [-0.15, -0.1) is 0 Å². The van der Waals surface area contributed by atoms with Gasteiger partial charge in [-0.1, -0.05) is 12.1 Å². The standard InChI is InChI=1S/C16H19NO6/c1-22-12-5-3-10(4-6-12)7-13(15(19)20)17-9-11(8-14(17)18)16(21)23-2/h3-6,11,13H,7-9H2,1-2H3,(H,19,20)/t11?,13-/m0/s1. The Kier molecular flexibility index (Phi) is 5.20. The van der Waals surface area contributed by atoms with E-state index in [2.05, 4.69) is 4.74 Å². The molecule has 2 rings (SSSR count). The number of nitrogens with zero attached hydrogens (tertiary/aromatic N) is 1. The van der Waals surface area contributed by atoms with Crippen molar-refractivity contribution < 1.29 is 29.0 Å². The average molecular weight is 321 g/mol. The van der Waals surface area contributed by atoms with Crippen LogP contribution in [0.4, 0.5) is 0 Å². The predicted molar refractivity (Wildman–Crippen MR) is 80.0 cm³/mol. The fraction of sp³-hybridized carbons (Fsp3) is 0.438. The zero-order valence-electron chi connectivity index (χ0n) is 13.0. The maximum atomic E-state index is 12.1. The lowest BCUT2D eigenvalue weighted by Gasteiger charge is -2.24. The van der Waals surface area contributed by atoms with Gasteiger partial charge in [-0.2, -0.15) is 0 Å². The molecule has 0 saturated carbocycles. The van der Waals surface area contributed by atoms with Gasteiger partial charge in [-0.05, 0) is 17.7 Å². The molecule has 1 aliphatic heterocycles. The number of carboxylic acid groups (broad SMARTS) is 1. The average Bonchev–Trinajstić information content (AvgIpc) is 2.93. The molecule has 0 spiro atoms. The highest BCUT2D eigenvalue weighted by Gasteiger charge is 2.41. The summed E-state index contributed by atoms with van der Waals surface area (Å²) in [4.78, 5) is 36.5. The highest BCUT2D eigenvalue weighted by molar-refractivity contribution is 5.90. The van der Waals surface area contributed by atoms with Crippen LogP contribution < -0.4 is 4.74 Å². The van der Waals surface area contributed by atoms with Crippen LogP contribution in [0.2, 0.25) is 0 Å². The molecule has 0 aromatic heterocycles. The Balaban J connectivity index is 2.13. The minimum Gasteiger partial charge on any atom is -0.497 e. The van der Waals surface area contributed by atoms with Crippen molar-refractivity contribution in [3.05, 3.63) is 29.8 Å². The monoisotopic (exact) mass is 321 g/mol. The number of rotatable bonds is 6. The molecule has 23 heavy (non-hydrogen) atoms. The van der Waals surface area contributed by atoms with E-state index in [0.29, 0.717) is 5.75 Å². The minimum absolute atomic E-state index is 0.0148. The summed E-state index contributed by atoms with van der Waals surface area (Å²) in [5, 5.41) is 9.46. The van der Waals surface area contributed by atoms with E-state index >= 15 is 0 Å². The summed E-state index contributed by atoms with van der Waals surface area (Å²) in [6, 6.07) is 5.97. The third kappa shape index (κ3) is 3.80. The van der Waals surface area contributed by atoms with E-state index in [0.717, 1.165) is 5.56 Å². The number of amides is 1. The Bertz CT molecular complexity index is 597. The number of carboxylic acids is 1. The number of benzene rings is 1. The van der Waals surface area contributed by atoms with Crippen LogP contribution in [0.15, 0.2) is 24.3 Å². The molecule has 0 aliphatic carbocycles. The van der Waals surface area contributed by atoms with Crippen LogP contribution in [0.5, 0.6) is 5.75 Å². The van der Waals surface area contributed by atoms with Crippen molar-refractivity contribution in [3.63, 3.8) is 0 Å². The molecule has 1 N–H and O–H groups in total. The quantitative estimate of drug-likeness (QED) is 0.776. The molecule has 1 unspecified atom stereocenters. The van der Waals surface area contributed by atoms with Crippen molar-refractivity contribution in [2.75, 3.05) is 20.8 Å². The number of hydrogen-bond donors (Lipinski definition) is 1. The van der Waals surface area contributed by atoms with E-state index in [1.54, 1.807) is 31.4 Å². The van der Waals surface area contributed by atoms with Crippen molar-refractivity contribution in [1.82, 2.24) is 4.90 Å². The fourth-order valence-electron chi connectivity index (χ4n) is 2.67. The molecular formula is C16H19NO6. The van der Waals surface area contributed by atoms with Crippen LogP contribution >= 0.6 is 0 Å². The number of likely N-dealkylation sites (tertiary alicyclic amines) is 1. The van der Waals surface area contributed by atoms with Gasteiger partial charge in [0, 0.05) is 19.4 Å². The van der Waals surface area contributed by atoms with Gasteiger partial charge in [0.2, 0.25) is 5.91 Å². The number of carbonyl (C=O) groups excluding carboxylic acids is 2. The van der Waals surface area contributed by atoms with Gasteiger partial charge in [0.15, 0.2) is 0 Å². The lowest BCUT2D eigenvalue weighted by atomic mass is 10.0. The fourth-order valence-corrected chi connectivity index (χ4v) is 2.67. The summed E-state index contributed by atoms with van der Waals surface area (Å²) in [6.07, 6.45) is 0.151. The molecule has 7 nitrogen and oxygen atoms in total. The highest BCUT2D eigenvalue weighted by Crippen LogP contribution is 2.24. The Morgan fingerprint density at radius 3 is 2.48 bits per heavy atom. The summed E-state index contributed by atoms with van der Waals surface area (Å²) >= 11 is 0. The molecule has 2 atom stereocenters. The first kappa shape index (κ1) is 16.8. The molecule has 1 saturated heterocycles. The maximum absolute atomic E-state index is 12.1. The number of methoxy groups -OCH3 is 2. The number of esters is 1. The smallest absolute Gasteiger partial charge is 0.326 e. The Hall–Kier alpha value is -2.57. The van der Waals surface area contributed by atoms with Gasteiger partial charge in [-0.3, -0.25) is 9.59 Å². The lowest BCUT2D eigenvalue weighted by Crippen LogP contribution is -2.44. The number of ether oxygens (including phenoxy) is 2. The summed E-state index contributed by atoms with van der Waals surface area (Å²) in [6.45, 7) is 0.0681. The van der Waals surface area contributed by atoms with E-state index < -0.39 is 23.9 Å². The molecular weight excluding hydrogens is 302 g/mol. The molecule has 124 valence electrons. The van der Waals surface area contributed by atoms with E-state index in [9.17, 15) is 19.5 Å². The van der Waals surface area contributed by atoms with Gasteiger partial charge >= 0.3 is 11.9 Å². The van der Waals surface area contributed by atoms with Crippen molar-refractivity contribution >= 4 is 17.8 Å². The van der Waals surface area contributed by atoms with Crippen molar-refractivity contribution in [3.8, 4) is 5.75 Å². The van der Waals surface area contributed by atoms with Crippen LogP contribution in [0.1, 0.15) is 12.0 Å². The second-order valence-electron chi connectivity index (χ2n) is 5.38. The first-order valence-corrected chi connectivity index (χ1v) is 7.19. The largest absolute Gasteiger partial charge is 0.497 e. The Morgan fingerprint density at radius 2 is 1.96 bits per heavy atom. The molecule has 0 bridgehead atoms. The zero-order valence-corrected chi connectivity index (χ0v) is 13.0. The van der Waals surface area contributed by atoms with Crippen LogP contribution in [-0.4, -0.2) is 54.7 Å². The van der Waals surface area contributed by atoms with Crippen molar-refractivity contribution in [2.24, 2.45) is 5.92 Å². The molecule has 1 aliphatic rings. The lowest BCUT2D eigenvalue weighted by molar-refractivity contribution is -0.148. The molecule has 0 radical (unpaired) electrons. The topological polar surface area (TPSA) is 93.1 Å². The van der Waals surface area contributed by atoms with Gasteiger partial charge in [0.25, 0.3) is 0 Å². The first-order chi connectivity index (χ1) is 11.0. The third-order valence-corrected chi connectivity index (χ3v) is 3.94. The summed E-state index contributed by atoms with van der Waals surface area (Å²) in [5.74, 6) is -1.87. The number of carbonyl (C=O) groups is 3. The van der Waals surface area contributed by atoms with E-state index in [1.807, 2.05) is 0 Å². The normalized spacial score (nSPS) is 18.6. The number of aliphatic carboxylic acids is 1. The van der Waals surface area contributed by atoms with Crippen LogP contribution in [0.3, 0.4) is 0 Å². The van der Waals surface area contributed by atoms with Crippen LogP contribution in [0, 0.1) is 5.92 Å². The summed E-state index contributed by atoms with van der Waals surface area (Å²) in [7, 11) is 2.80. The molecule has 1 aromatic rings. The highest BCUT2D eigenvalue weighted by atomic mass is 16.5. The Morgan fingerprint density at radius 1 is 1.30 bits per heavy atom. The van der Waals surface area contributed by atoms with Crippen LogP contribution in [0.25, 0.3) is 0 Å². The van der Waals surface area contributed by atoms with E-state index in [1.165, 1.54) is 12.0 Å². The third-order valence-electron chi connectivity index (χ3n) is 3.94. The van der Waals surface area contributed by atoms with Crippen LogP contribution in [-0.2, 0) is 25.5 Å². The second-order valence-corrected chi connectivity index (χ2v) is 5.38. The molecule has 7 heteroatoms. The maximum Gasteiger partial charge on any atom is 0.326 e. The van der Waals surface area contributed by atoms with Crippen molar-refractivity contribution in [1.29, 1.82) is 0 Å². The molecule has 1 fully saturated rings. The van der Waals surface area contributed by atoms with E-state index in [-0.39, 0.29) is 25.3 Å². The molecule has 1 aromatic carbocycles. The van der Waals surface area contributed by atoms with Gasteiger partial charge in [0.05, 0.1) is 20.1 Å². The Labute approximate surface area is 133 Å². The SMILES string of the molecule is COC(=O)C1CC(=O)N([C@@H](Cc2ccc(OC)cc2)C(=O)O)C1. The predicted octanol–water partition coefficient (Wildman–Crippen LogP) is 0.712. The molecule has 1 heterocycles. The second kappa shape index (κ2) is 7.13. The first-order valence-electron chi connectivity index (χ1n) is 7.19. The van der Waals surface area contributed by atoms with Gasteiger partial charge < -0.3 is 19.5 Å². The van der Waals surface area contributed by atoms with E-state index in [4.69, 9.17) is 4.74 Å². The minimum atomic E-state index is -1.10. The summed E-state index contributed by atoms with van der Waals surface area (Å²) < 4.78 is 9.69. The zero-order chi connectivity index (χ0) is 17.0. The molecule has 1 amide bonds. The number of hydrogen-bond acceptors (Lipinski definition) is 5. The van der Waals surface area contributed by atoms with Gasteiger partial charge in [0.1, 0.15) is 11.8 Å². The van der Waals surface area contributed by atoms with Gasteiger partial charge in [-0.25, -0.2) is 4.79 Å². The summed E-state index contributed by atoms with van der Waals surface area (Å²) in [5.41, 5.74) is 0.771. The van der Waals surface area contributed by atoms with Crippen molar-refractivity contribution in [2.45, 2.75) is 18.9 Å².